The van der Waals surface area contributed by atoms with E-state index in [2.05, 4.69) is 15.9 Å². The molecule has 0 aliphatic rings. The number of halogens is 1. The zero-order valence-electron chi connectivity index (χ0n) is 9.74. The number of hydrogen-bond acceptors (Lipinski definition) is 3. The number of rotatable bonds is 6. The van der Waals surface area contributed by atoms with E-state index in [-0.39, 0.29) is 12.4 Å². The van der Waals surface area contributed by atoms with Gasteiger partial charge in [0.1, 0.15) is 6.29 Å². The molecule has 0 aliphatic heterocycles. The fourth-order valence-corrected chi connectivity index (χ4v) is 1.90. The molecule has 92 valence electrons. The van der Waals surface area contributed by atoms with Crippen LogP contribution in [0.4, 0.5) is 0 Å². The Morgan fingerprint density at radius 3 is 2.88 bits per heavy atom. The molecule has 1 aromatic rings. The predicted molar refractivity (Wildman–Crippen MR) is 68.9 cm³/mol. The van der Waals surface area contributed by atoms with Crippen LogP contribution in [0.1, 0.15) is 24.5 Å². The monoisotopic (exact) mass is 298 g/mol. The zero-order chi connectivity index (χ0) is 12.7. The average molecular weight is 299 g/mol. The molecule has 0 heterocycles. The first-order chi connectivity index (χ1) is 8.17. The first-order valence-corrected chi connectivity index (χ1v) is 6.33. The highest BCUT2D eigenvalue weighted by atomic mass is 79.9. The number of benzene rings is 1. The van der Waals surface area contributed by atoms with E-state index in [4.69, 9.17) is 4.74 Å². The molecule has 0 fully saturated rings. The number of esters is 1. The summed E-state index contributed by atoms with van der Waals surface area (Å²) in [5.74, 6) is -0.235. The number of aryl methyl sites for hydroxylation is 1. The molecule has 17 heavy (non-hydrogen) atoms. The Bertz CT molecular complexity index is 402. The molecule has 1 aromatic carbocycles. The average Bonchev–Trinajstić information content (AvgIpc) is 2.30. The zero-order valence-corrected chi connectivity index (χ0v) is 11.3. The highest BCUT2D eigenvalue weighted by Gasteiger charge is 2.08. The minimum Gasteiger partial charge on any atom is -0.466 e. The number of carbonyl (C=O) groups excluding carboxylic acids is 2. The van der Waals surface area contributed by atoms with E-state index < -0.39 is 0 Å². The van der Waals surface area contributed by atoms with Gasteiger partial charge in [0, 0.05) is 10.9 Å². The van der Waals surface area contributed by atoms with Gasteiger partial charge in [-0.2, -0.15) is 0 Å². The number of aldehydes is 1. The van der Waals surface area contributed by atoms with Gasteiger partial charge in [0.25, 0.3) is 0 Å². The lowest BCUT2D eigenvalue weighted by molar-refractivity contribution is -0.142. The predicted octanol–water partition coefficient (Wildman–Crippen LogP) is 2.69. The van der Waals surface area contributed by atoms with E-state index in [1.54, 1.807) is 6.92 Å². The van der Waals surface area contributed by atoms with Crippen LogP contribution < -0.4 is 0 Å². The van der Waals surface area contributed by atoms with Crippen LogP contribution in [0, 0.1) is 0 Å². The van der Waals surface area contributed by atoms with Crippen molar-refractivity contribution in [1.82, 2.24) is 0 Å². The smallest absolute Gasteiger partial charge is 0.310 e. The fourth-order valence-electron chi connectivity index (χ4n) is 1.51. The maximum absolute atomic E-state index is 11.4. The molecule has 0 saturated heterocycles. The molecule has 0 N–H and O–H groups in total. The highest BCUT2D eigenvalue weighted by Crippen LogP contribution is 2.20. The molecule has 0 aliphatic carbocycles. The van der Waals surface area contributed by atoms with Crippen molar-refractivity contribution < 1.29 is 14.3 Å². The summed E-state index contributed by atoms with van der Waals surface area (Å²) < 4.78 is 5.80. The summed E-state index contributed by atoms with van der Waals surface area (Å²) >= 11 is 3.40. The van der Waals surface area contributed by atoms with E-state index in [0.717, 1.165) is 21.9 Å². The molecule has 0 unspecified atom stereocenters. The van der Waals surface area contributed by atoms with E-state index in [0.29, 0.717) is 19.4 Å². The molecule has 0 amide bonds. The lowest BCUT2D eigenvalue weighted by Gasteiger charge is -2.07. The number of carbonyl (C=O) groups is 2. The minimum absolute atomic E-state index is 0.235. The molecule has 0 atom stereocenters. The van der Waals surface area contributed by atoms with Gasteiger partial charge in [-0.05, 0) is 30.5 Å². The number of hydrogen-bond donors (Lipinski definition) is 0. The summed E-state index contributed by atoms with van der Waals surface area (Å²) in [6.07, 6.45) is 2.35. The Hall–Kier alpha value is -1.16. The Morgan fingerprint density at radius 2 is 2.24 bits per heavy atom. The topological polar surface area (TPSA) is 43.4 Å². The summed E-state index contributed by atoms with van der Waals surface area (Å²) in [7, 11) is 0. The number of ether oxygens (including phenoxy) is 1. The van der Waals surface area contributed by atoms with Gasteiger partial charge in [-0.15, -0.1) is 0 Å². The second-order valence-corrected chi connectivity index (χ2v) is 4.47. The van der Waals surface area contributed by atoms with Crippen molar-refractivity contribution in [1.29, 1.82) is 0 Å². The van der Waals surface area contributed by atoms with Crippen molar-refractivity contribution in [2.75, 3.05) is 6.61 Å². The molecule has 0 bridgehead atoms. The van der Waals surface area contributed by atoms with E-state index in [9.17, 15) is 9.59 Å². The quantitative estimate of drug-likeness (QED) is 0.599. The standard InChI is InChI=1S/C13H15BrO3/c1-2-17-13(16)9-11-8-10(4-3-7-15)5-6-12(11)14/h5-8H,2-4,9H2,1H3. The van der Waals surface area contributed by atoms with Gasteiger partial charge in [0.05, 0.1) is 13.0 Å². The third-order valence-corrected chi connectivity index (χ3v) is 3.07. The summed E-state index contributed by atoms with van der Waals surface area (Å²) in [5, 5.41) is 0. The maximum atomic E-state index is 11.4. The van der Waals surface area contributed by atoms with Gasteiger partial charge >= 0.3 is 5.97 Å². The molecule has 0 spiro atoms. The maximum Gasteiger partial charge on any atom is 0.310 e. The van der Waals surface area contributed by atoms with Crippen LogP contribution in [0.3, 0.4) is 0 Å². The van der Waals surface area contributed by atoms with Gasteiger partial charge in [-0.1, -0.05) is 28.1 Å². The summed E-state index contributed by atoms with van der Waals surface area (Å²) in [6.45, 7) is 2.18. The third-order valence-electron chi connectivity index (χ3n) is 2.30. The fraction of sp³-hybridized carbons (Fsp3) is 0.385. The summed E-state index contributed by atoms with van der Waals surface area (Å²) in [6, 6.07) is 5.78. The highest BCUT2D eigenvalue weighted by molar-refractivity contribution is 9.10. The van der Waals surface area contributed by atoms with Crippen molar-refractivity contribution >= 4 is 28.2 Å². The van der Waals surface area contributed by atoms with Crippen molar-refractivity contribution in [2.45, 2.75) is 26.2 Å². The van der Waals surface area contributed by atoms with Crippen LogP contribution in [-0.2, 0) is 27.2 Å². The second kappa shape index (κ2) is 7.22. The van der Waals surface area contributed by atoms with Crippen LogP contribution in [0.5, 0.6) is 0 Å². The van der Waals surface area contributed by atoms with Crippen LogP contribution in [0.25, 0.3) is 0 Å². The van der Waals surface area contributed by atoms with Gasteiger partial charge in [0.15, 0.2) is 0 Å². The normalized spacial score (nSPS) is 10.0. The molecule has 0 radical (unpaired) electrons. The van der Waals surface area contributed by atoms with Gasteiger partial charge in [0.2, 0.25) is 0 Å². The Labute approximate surface area is 109 Å². The Morgan fingerprint density at radius 1 is 1.47 bits per heavy atom. The van der Waals surface area contributed by atoms with Gasteiger partial charge in [-0.3, -0.25) is 4.79 Å². The summed E-state index contributed by atoms with van der Waals surface area (Å²) in [4.78, 5) is 21.7. The lowest BCUT2D eigenvalue weighted by atomic mass is 10.0. The SMILES string of the molecule is CCOC(=O)Cc1cc(CCC=O)ccc1Br. The molecule has 0 saturated carbocycles. The molecule has 1 rings (SSSR count). The first-order valence-electron chi connectivity index (χ1n) is 5.54. The Balaban J connectivity index is 2.75. The van der Waals surface area contributed by atoms with Crippen molar-refractivity contribution in [3.05, 3.63) is 33.8 Å². The van der Waals surface area contributed by atoms with E-state index >= 15 is 0 Å². The second-order valence-electron chi connectivity index (χ2n) is 3.61. The third kappa shape index (κ3) is 4.69. The lowest BCUT2D eigenvalue weighted by Crippen LogP contribution is -2.08. The van der Waals surface area contributed by atoms with Crippen molar-refractivity contribution in [2.24, 2.45) is 0 Å². The molecule has 0 aromatic heterocycles. The van der Waals surface area contributed by atoms with Crippen LogP contribution >= 0.6 is 15.9 Å². The van der Waals surface area contributed by atoms with Gasteiger partial charge < -0.3 is 9.53 Å². The van der Waals surface area contributed by atoms with E-state index in [1.165, 1.54) is 0 Å². The van der Waals surface area contributed by atoms with E-state index in [1.807, 2.05) is 18.2 Å². The molecular formula is C13H15BrO3. The van der Waals surface area contributed by atoms with Crippen LogP contribution in [0.2, 0.25) is 0 Å². The van der Waals surface area contributed by atoms with Gasteiger partial charge in [-0.25, -0.2) is 0 Å². The first kappa shape index (κ1) is 13.9. The largest absolute Gasteiger partial charge is 0.466 e. The molecular weight excluding hydrogens is 284 g/mol. The summed E-state index contributed by atoms with van der Waals surface area (Å²) in [5.41, 5.74) is 1.95. The van der Waals surface area contributed by atoms with Crippen molar-refractivity contribution in [3.63, 3.8) is 0 Å². The molecule has 3 nitrogen and oxygen atoms in total. The van der Waals surface area contributed by atoms with Crippen LogP contribution in [0.15, 0.2) is 22.7 Å². The Kier molecular flexibility index (Phi) is 5.91. The minimum atomic E-state index is -0.235. The molecule has 4 heteroatoms. The van der Waals surface area contributed by atoms with Crippen molar-refractivity contribution in [3.8, 4) is 0 Å². The van der Waals surface area contributed by atoms with Crippen LogP contribution in [-0.4, -0.2) is 18.9 Å².